The van der Waals surface area contributed by atoms with Gasteiger partial charge in [-0.05, 0) is 12.8 Å². The Morgan fingerprint density at radius 1 is 1.56 bits per heavy atom. The van der Waals surface area contributed by atoms with E-state index >= 15 is 0 Å². The predicted octanol–water partition coefficient (Wildman–Crippen LogP) is 2.49. The standard InChI is InChI=1S/C11H17ClN2OS/c1-15-10-2-4-14(5-3-10)7-11-13-9(6-12)8-16-11/h8,10H,2-7H2,1H3. The summed E-state index contributed by atoms with van der Waals surface area (Å²) < 4.78 is 5.35. The maximum absolute atomic E-state index is 5.73. The monoisotopic (exact) mass is 260 g/mol. The minimum Gasteiger partial charge on any atom is -0.381 e. The summed E-state index contributed by atoms with van der Waals surface area (Å²) in [5, 5.41) is 3.22. The zero-order valence-electron chi connectivity index (χ0n) is 9.49. The predicted molar refractivity (Wildman–Crippen MR) is 67.0 cm³/mol. The zero-order valence-corrected chi connectivity index (χ0v) is 11.1. The Labute approximate surface area is 105 Å². The molecule has 1 aromatic rings. The Kier molecular flexibility index (Phi) is 4.58. The van der Waals surface area contributed by atoms with Crippen molar-refractivity contribution in [2.45, 2.75) is 31.4 Å². The first-order chi connectivity index (χ1) is 7.81. The topological polar surface area (TPSA) is 25.4 Å². The van der Waals surface area contributed by atoms with Gasteiger partial charge in [-0.2, -0.15) is 0 Å². The van der Waals surface area contributed by atoms with E-state index in [2.05, 4.69) is 9.88 Å². The summed E-state index contributed by atoms with van der Waals surface area (Å²) in [6, 6.07) is 0. The highest BCUT2D eigenvalue weighted by molar-refractivity contribution is 7.09. The molecular weight excluding hydrogens is 244 g/mol. The van der Waals surface area contributed by atoms with Crippen LogP contribution in [-0.4, -0.2) is 36.2 Å². The third-order valence-electron chi connectivity index (χ3n) is 2.96. The Morgan fingerprint density at radius 3 is 2.88 bits per heavy atom. The van der Waals surface area contributed by atoms with Crippen molar-refractivity contribution < 1.29 is 4.74 Å². The molecule has 5 heteroatoms. The second-order valence-corrected chi connectivity index (χ2v) is 5.29. The molecule has 0 saturated carbocycles. The first kappa shape index (κ1) is 12.3. The molecule has 90 valence electrons. The van der Waals surface area contributed by atoms with Crippen LogP contribution in [0.3, 0.4) is 0 Å². The van der Waals surface area contributed by atoms with E-state index in [9.17, 15) is 0 Å². The fourth-order valence-electron chi connectivity index (χ4n) is 1.98. The largest absolute Gasteiger partial charge is 0.381 e. The van der Waals surface area contributed by atoms with Crippen LogP contribution in [0.2, 0.25) is 0 Å². The molecule has 3 nitrogen and oxygen atoms in total. The molecule has 1 aromatic heterocycles. The lowest BCUT2D eigenvalue weighted by atomic mass is 10.1. The molecule has 2 heterocycles. The molecule has 0 bridgehead atoms. The maximum Gasteiger partial charge on any atom is 0.107 e. The quantitative estimate of drug-likeness (QED) is 0.778. The molecule has 0 amide bonds. The van der Waals surface area contributed by atoms with Gasteiger partial charge >= 0.3 is 0 Å². The van der Waals surface area contributed by atoms with Gasteiger partial charge in [-0.25, -0.2) is 4.98 Å². The molecule has 0 aliphatic carbocycles. The van der Waals surface area contributed by atoms with Crippen molar-refractivity contribution in [3.05, 3.63) is 16.1 Å². The minimum atomic E-state index is 0.450. The average molecular weight is 261 g/mol. The van der Waals surface area contributed by atoms with Crippen LogP contribution in [0.1, 0.15) is 23.5 Å². The number of thiazole rings is 1. The lowest BCUT2D eigenvalue weighted by Crippen LogP contribution is -2.36. The molecule has 16 heavy (non-hydrogen) atoms. The molecule has 0 N–H and O–H groups in total. The summed E-state index contributed by atoms with van der Waals surface area (Å²) in [6.45, 7) is 3.17. The second-order valence-electron chi connectivity index (χ2n) is 4.08. The number of nitrogens with zero attached hydrogens (tertiary/aromatic N) is 2. The number of likely N-dealkylation sites (tertiary alicyclic amines) is 1. The van der Waals surface area contributed by atoms with Crippen molar-refractivity contribution >= 4 is 22.9 Å². The summed E-state index contributed by atoms with van der Waals surface area (Å²) in [5.74, 6) is 0.516. The van der Waals surface area contributed by atoms with Gasteiger partial charge in [-0.15, -0.1) is 22.9 Å². The molecule has 0 radical (unpaired) electrons. The Bertz CT molecular complexity index is 324. The number of ether oxygens (including phenoxy) is 1. The van der Waals surface area contributed by atoms with Gasteiger partial charge in [0.25, 0.3) is 0 Å². The number of piperidine rings is 1. The van der Waals surface area contributed by atoms with Crippen LogP contribution in [0.4, 0.5) is 0 Å². The van der Waals surface area contributed by atoms with E-state index < -0.39 is 0 Å². The zero-order chi connectivity index (χ0) is 11.4. The molecule has 1 saturated heterocycles. The van der Waals surface area contributed by atoms with Crippen LogP contribution >= 0.6 is 22.9 Å². The number of halogens is 1. The third kappa shape index (κ3) is 3.17. The molecule has 1 aliphatic rings. The molecule has 0 atom stereocenters. The van der Waals surface area contributed by atoms with Gasteiger partial charge in [0, 0.05) is 25.6 Å². The lowest BCUT2D eigenvalue weighted by molar-refractivity contribution is 0.0388. The first-order valence-corrected chi connectivity index (χ1v) is 6.97. The molecule has 2 rings (SSSR count). The third-order valence-corrected chi connectivity index (χ3v) is 4.12. The number of hydrogen-bond donors (Lipinski definition) is 0. The summed E-state index contributed by atoms with van der Waals surface area (Å²) >= 11 is 7.44. The van der Waals surface area contributed by atoms with Gasteiger partial charge in [0.1, 0.15) is 5.01 Å². The Morgan fingerprint density at radius 2 is 2.31 bits per heavy atom. The maximum atomic E-state index is 5.73. The summed E-state index contributed by atoms with van der Waals surface area (Å²) in [4.78, 5) is 6.91. The SMILES string of the molecule is COC1CCN(Cc2nc(CCl)cs2)CC1. The van der Waals surface area contributed by atoms with E-state index in [1.165, 1.54) is 5.01 Å². The van der Waals surface area contributed by atoms with Gasteiger partial charge in [0.05, 0.1) is 24.2 Å². The highest BCUT2D eigenvalue weighted by Crippen LogP contribution is 2.18. The normalized spacial score (nSPS) is 19.1. The van der Waals surface area contributed by atoms with E-state index in [1.807, 2.05) is 5.38 Å². The molecule has 1 fully saturated rings. The van der Waals surface area contributed by atoms with Gasteiger partial charge in [-0.1, -0.05) is 0 Å². The van der Waals surface area contributed by atoms with Crippen molar-refractivity contribution in [2.75, 3.05) is 20.2 Å². The Balaban J connectivity index is 1.82. The minimum absolute atomic E-state index is 0.450. The number of hydrogen-bond acceptors (Lipinski definition) is 4. The van der Waals surface area contributed by atoms with E-state index in [0.29, 0.717) is 12.0 Å². The van der Waals surface area contributed by atoms with Crippen LogP contribution in [0.25, 0.3) is 0 Å². The molecule has 0 unspecified atom stereocenters. The summed E-state index contributed by atoms with van der Waals surface area (Å²) in [7, 11) is 1.80. The average Bonchev–Trinajstić information content (AvgIpc) is 2.78. The van der Waals surface area contributed by atoms with Crippen LogP contribution in [0.5, 0.6) is 0 Å². The van der Waals surface area contributed by atoms with Crippen molar-refractivity contribution in [3.63, 3.8) is 0 Å². The Hall–Kier alpha value is -0.160. The fourth-order valence-corrected chi connectivity index (χ4v) is 3.04. The van der Waals surface area contributed by atoms with Crippen molar-refractivity contribution in [1.82, 2.24) is 9.88 Å². The van der Waals surface area contributed by atoms with E-state index in [4.69, 9.17) is 16.3 Å². The number of alkyl halides is 1. The van der Waals surface area contributed by atoms with E-state index in [0.717, 1.165) is 38.2 Å². The van der Waals surface area contributed by atoms with Crippen molar-refractivity contribution in [2.24, 2.45) is 0 Å². The molecular formula is C11H17ClN2OS. The molecule has 0 aromatic carbocycles. The van der Waals surface area contributed by atoms with Gasteiger partial charge < -0.3 is 4.74 Å². The van der Waals surface area contributed by atoms with Crippen LogP contribution in [0, 0.1) is 0 Å². The van der Waals surface area contributed by atoms with Gasteiger partial charge in [0.2, 0.25) is 0 Å². The number of aromatic nitrogens is 1. The molecule has 1 aliphatic heterocycles. The lowest BCUT2D eigenvalue weighted by Gasteiger charge is -2.30. The van der Waals surface area contributed by atoms with Crippen LogP contribution < -0.4 is 0 Å². The first-order valence-electron chi connectivity index (χ1n) is 5.56. The fraction of sp³-hybridized carbons (Fsp3) is 0.727. The number of methoxy groups -OCH3 is 1. The van der Waals surface area contributed by atoms with E-state index in [-0.39, 0.29) is 0 Å². The second kappa shape index (κ2) is 5.96. The van der Waals surface area contributed by atoms with Crippen molar-refractivity contribution in [3.8, 4) is 0 Å². The number of rotatable bonds is 4. The highest BCUT2D eigenvalue weighted by Gasteiger charge is 2.19. The smallest absolute Gasteiger partial charge is 0.107 e. The molecule has 0 spiro atoms. The van der Waals surface area contributed by atoms with E-state index in [1.54, 1.807) is 18.4 Å². The van der Waals surface area contributed by atoms with Crippen LogP contribution in [0.15, 0.2) is 5.38 Å². The van der Waals surface area contributed by atoms with Crippen LogP contribution in [-0.2, 0) is 17.2 Å². The van der Waals surface area contributed by atoms with Crippen molar-refractivity contribution in [1.29, 1.82) is 0 Å². The van der Waals surface area contributed by atoms with Gasteiger partial charge in [-0.3, -0.25) is 4.90 Å². The summed E-state index contributed by atoms with van der Waals surface area (Å²) in [6.07, 6.45) is 2.71. The van der Waals surface area contributed by atoms with Gasteiger partial charge in [0.15, 0.2) is 0 Å². The highest BCUT2D eigenvalue weighted by atomic mass is 35.5. The summed E-state index contributed by atoms with van der Waals surface area (Å²) in [5.41, 5.74) is 0.994.